The maximum Gasteiger partial charge on any atom is 0.276 e. The third kappa shape index (κ3) is 1.92. The predicted molar refractivity (Wildman–Crippen MR) is 62.4 cm³/mol. The van der Waals surface area contributed by atoms with Gasteiger partial charge in [-0.2, -0.15) is 0 Å². The Kier molecular flexibility index (Phi) is 2.40. The minimum absolute atomic E-state index is 0.0153. The molecule has 1 amide bonds. The van der Waals surface area contributed by atoms with Crippen LogP contribution in [0.5, 0.6) is 0 Å². The minimum atomic E-state index is -2.76. The Hall–Kier alpha value is -1.10. The van der Waals surface area contributed by atoms with Crippen molar-refractivity contribution >= 4 is 23.4 Å². The van der Waals surface area contributed by atoms with Gasteiger partial charge in [-0.1, -0.05) is 6.07 Å². The molecule has 0 radical (unpaired) electrons. The number of hydrogen-bond acceptors (Lipinski definition) is 2. The number of fused-ring (bicyclic) bond motifs is 1. The largest absolute Gasteiger partial charge is 0.324 e. The van der Waals surface area contributed by atoms with Crippen LogP contribution in [0.2, 0.25) is 0 Å². The van der Waals surface area contributed by atoms with Crippen molar-refractivity contribution in [3.05, 3.63) is 23.8 Å². The highest BCUT2D eigenvalue weighted by Gasteiger charge is 2.48. The smallest absolute Gasteiger partial charge is 0.276 e. The van der Waals surface area contributed by atoms with E-state index in [-0.39, 0.29) is 11.5 Å². The average Bonchev–Trinajstić information content (AvgIpc) is 3.12. The molecule has 1 N–H and O–H groups in total. The van der Waals surface area contributed by atoms with E-state index in [9.17, 15) is 13.6 Å². The molecule has 0 unspecified atom stereocenters. The summed E-state index contributed by atoms with van der Waals surface area (Å²) in [6, 6.07) is 4.56. The number of hydrogen-bond donors (Lipinski definition) is 1. The van der Waals surface area contributed by atoms with Gasteiger partial charge in [-0.05, 0) is 25.0 Å². The van der Waals surface area contributed by atoms with Crippen LogP contribution in [0.1, 0.15) is 18.4 Å². The molecule has 1 aliphatic heterocycles. The summed E-state index contributed by atoms with van der Waals surface area (Å²) in [5, 5.41) is 2.64. The Balaban J connectivity index is 1.97. The lowest BCUT2D eigenvalue weighted by Crippen LogP contribution is -2.21. The van der Waals surface area contributed by atoms with Gasteiger partial charge < -0.3 is 5.32 Å². The molecular formula is C12H11F2NOS. The fourth-order valence-corrected chi connectivity index (χ4v) is 2.76. The first-order valence-electron chi connectivity index (χ1n) is 5.52. The number of nitrogens with one attached hydrogen (secondary N) is 1. The SMILES string of the molecule is O=C1CSc2ccc(C(F)(F)C3CC3)cc2N1. The molecule has 3 rings (SSSR count). The van der Waals surface area contributed by atoms with Crippen molar-refractivity contribution in [2.24, 2.45) is 5.92 Å². The first-order chi connectivity index (χ1) is 8.07. The molecule has 5 heteroatoms. The second-order valence-electron chi connectivity index (χ2n) is 4.45. The predicted octanol–water partition coefficient (Wildman–Crippen LogP) is 3.23. The monoisotopic (exact) mass is 255 g/mol. The van der Waals surface area contributed by atoms with Crippen molar-refractivity contribution in [3.8, 4) is 0 Å². The van der Waals surface area contributed by atoms with Gasteiger partial charge in [0, 0.05) is 16.4 Å². The van der Waals surface area contributed by atoms with Crippen LogP contribution in [-0.4, -0.2) is 11.7 Å². The van der Waals surface area contributed by atoms with Gasteiger partial charge in [0.1, 0.15) is 0 Å². The van der Waals surface area contributed by atoms with Crippen molar-refractivity contribution in [2.45, 2.75) is 23.7 Å². The highest BCUT2D eigenvalue weighted by Crippen LogP contribution is 2.50. The third-order valence-corrected chi connectivity index (χ3v) is 4.16. The topological polar surface area (TPSA) is 29.1 Å². The number of carbonyl (C=O) groups excluding carboxylic acids is 1. The van der Waals surface area contributed by atoms with E-state index in [2.05, 4.69) is 5.32 Å². The Morgan fingerprint density at radius 2 is 2.12 bits per heavy atom. The number of rotatable bonds is 2. The van der Waals surface area contributed by atoms with Gasteiger partial charge in [0.25, 0.3) is 5.92 Å². The molecular weight excluding hydrogens is 244 g/mol. The number of amides is 1. The zero-order valence-corrected chi connectivity index (χ0v) is 9.82. The lowest BCUT2D eigenvalue weighted by atomic mass is 10.0. The van der Waals surface area contributed by atoms with E-state index in [0.717, 1.165) is 4.90 Å². The second kappa shape index (κ2) is 3.70. The summed E-state index contributed by atoms with van der Waals surface area (Å²) in [5.41, 5.74) is 0.533. The van der Waals surface area contributed by atoms with Crippen LogP contribution in [0, 0.1) is 5.92 Å². The minimum Gasteiger partial charge on any atom is -0.324 e. The van der Waals surface area contributed by atoms with Crippen LogP contribution in [0.4, 0.5) is 14.5 Å². The lowest BCUT2D eigenvalue weighted by molar-refractivity contribution is -0.113. The number of thioether (sulfide) groups is 1. The molecule has 90 valence electrons. The van der Waals surface area contributed by atoms with E-state index in [4.69, 9.17) is 0 Å². The van der Waals surface area contributed by atoms with Gasteiger partial charge in [-0.3, -0.25) is 4.79 Å². The maximum absolute atomic E-state index is 13.9. The number of anilines is 1. The number of carbonyl (C=O) groups is 1. The van der Waals surface area contributed by atoms with Crippen molar-refractivity contribution in [2.75, 3.05) is 11.1 Å². The van der Waals surface area contributed by atoms with E-state index in [1.54, 1.807) is 6.07 Å². The van der Waals surface area contributed by atoms with Crippen molar-refractivity contribution < 1.29 is 13.6 Å². The van der Waals surface area contributed by atoms with Crippen molar-refractivity contribution in [3.63, 3.8) is 0 Å². The van der Waals surface area contributed by atoms with Crippen LogP contribution in [0.15, 0.2) is 23.1 Å². The molecule has 1 saturated carbocycles. The maximum atomic E-state index is 13.9. The zero-order valence-electron chi connectivity index (χ0n) is 9.00. The molecule has 0 atom stereocenters. The molecule has 0 spiro atoms. The fourth-order valence-electron chi connectivity index (χ4n) is 1.97. The van der Waals surface area contributed by atoms with Gasteiger partial charge in [0.05, 0.1) is 11.4 Å². The molecule has 1 aromatic carbocycles. The summed E-state index contributed by atoms with van der Waals surface area (Å²) in [4.78, 5) is 12.1. The molecule has 0 saturated heterocycles. The highest BCUT2D eigenvalue weighted by molar-refractivity contribution is 8.00. The molecule has 2 aliphatic rings. The van der Waals surface area contributed by atoms with Crippen LogP contribution < -0.4 is 5.32 Å². The van der Waals surface area contributed by atoms with Gasteiger partial charge >= 0.3 is 0 Å². The van der Waals surface area contributed by atoms with Crippen molar-refractivity contribution in [1.29, 1.82) is 0 Å². The van der Waals surface area contributed by atoms with Crippen LogP contribution in [0.25, 0.3) is 0 Å². The summed E-state index contributed by atoms with van der Waals surface area (Å²) in [6.07, 6.45) is 1.18. The Labute approximate surface area is 102 Å². The highest BCUT2D eigenvalue weighted by atomic mass is 32.2. The van der Waals surface area contributed by atoms with Gasteiger partial charge in [0.15, 0.2) is 0 Å². The molecule has 0 aromatic heterocycles. The van der Waals surface area contributed by atoms with Crippen molar-refractivity contribution in [1.82, 2.24) is 0 Å². The first kappa shape index (κ1) is 11.0. The molecule has 2 nitrogen and oxygen atoms in total. The molecule has 1 heterocycles. The lowest BCUT2D eigenvalue weighted by Gasteiger charge is -2.21. The summed E-state index contributed by atoms with van der Waals surface area (Å²) < 4.78 is 27.8. The summed E-state index contributed by atoms with van der Waals surface area (Å²) in [7, 11) is 0. The molecule has 1 fully saturated rings. The quantitative estimate of drug-likeness (QED) is 0.879. The summed E-state index contributed by atoms with van der Waals surface area (Å²) in [5.74, 6) is -3.06. The second-order valence-corrected chi connectivity index (χ2v) is 5.46. The molecule has 1 aliphatic carbocycles. The summed E-state index contributed by atoms with van der Waals surface area (Å²) in [6.45, 7) is 0. The van der Waals surface area contributed by atoms with Crippen LogP contribution in [-0.2, 0) is 10.7 Å². The Morgan fingerprint density at radius 3 is 2.82 bits per heavy atom. The first-order valence-corrected chi connectivity index (χ1v) is 6.51. The average molecular weight is 255 g/mol. The van der Waals surface area contributed by atoms with E-state index in [0.29, 0.717) is 24.3 Å². The van der Waals surface area contributed by atoms with E-state index in [1.807, 2.05) is 0 Å². The van der Waals surface area contributed by atoms with Gasteiger partial charge in [-0.25, -0.2) is 8.78 Å². The van der Waals surface area contributed by atoms with Crippen LogP contribution in [0.3, 0.4) is 0 Å². The van der Waals surface area contributed by atoms with E-state index < -0.39 is 11.8 Å². The number of benzene rings is 1. The number of halogens is 2. The fraction of sp³-hybridized carbons (Fsp3) is 0.417. The third-order valence-electron chi connectivity index (χ3n) is 3.09. The van der Waals surface area contributed by atoms with E-state index in [1.165, 1.54) is 23.9 Å². The summed E-state index contributed by atoms with van der Waals surface area (Å²) >= 11 is 1.38. The van der Waals surface area contributed by atoms with Crippen LogP contribution >= 0.6 is 11.8 Å². The molecule has 17 heavy (non-hydrogen) atoms. The standard InChI is InChI=1S/C12H11F2NOS/c13-12(14,7-1-2-7)8-3-4-10-9(5-8)15-11(16)6-17-10/h3-5,7H,1-2,6H2,(H,15,16). The Bertz CT molecular complexity index is 485. The molecule has 0 bridgehead atoms. The molecule has 1 aromatic rings. The number of alkyl halides is 2. The zero-order chi connectivity index (χ0) is 12.0. The van der Waals surface area contributed by atoms with Gasteiger partial charge in [0.2, 0.25) is 5.91 Å². The Morgan fingerprint density at radius 1 is 1.35 bits per heavy atom. The van der Waals surface area contributed by atoms with E-state index >= 15 is 0 Å². The normalized spacial score (nSPS) is 19.8. The van der Waals surface area contributed by atoms with Gasteiger partial charge in [-0.15, -0.1) is 11.8 Å².